The van der Waals surface area contributed by atoms with Crippen LogP contribution in [0, 0.1) is 13.8 Å². The van der Waals surface area contributed by atoms with Crippen LogP contribution in [0.15, 0.2) is 36.5 Å². The van der Waals surface area contributed by atoms with E-state index in [4.69, 9.17) is 9.57 Å². The summed E-state index contributed by atoms with van der Waals surface area (Å²) in [6, 6.07) is 8.92. The van der Waals surface area contributed by atoms with Crippen molar-refractivity contribution in [2.45, 2.75) is 20.8 Å². The predicted octanol–water partition coefficient (Wildman–Crippen LogP) is 2.89. The van der Waals surface area contributed by atoms with E-state index >= 15 is 0 Å². The molecule has 3 heterocycles. The number of hydrogen-bond donors (Lipinski definition) is 3. The van der Waals surface area contributed by atoms with Gasteiger partial charge < -0.3 is 20.3 Å². The molecule has 3 aromatic rings. The fourth-order valence-corrected chi connectivity index (χ4v) is 4.65. The second kappa shape index (κ2) is 12.4. The number of benzene rings is 1. The van der Waals surface area contributed by atoms with E-state index in [0.29, 0.717) is 60.8 Å². The standard InChI is InChI=1S/C26H34N8O5S/c1-6-39-32-26(35)20-16-27-24(31-25-13-17(2)28-18(3)29-25)15-22(20)30-21-8-7-19(34-9-11-38-12-10-34)14-23(21)33(4)40(5,36)37/h7-8,13-16H,6,9-12H2,1-5H3,(H,32,35)(H2,27,28,29,30,31). The highest BCUT2D eigenvalue weighted by Crippen LogP contribution is 2.35. The quantitative estimate of drug-likeness (QED) is 0.309. The summed E-state index contributed by atoms with van der Waals surface area (Å²) in [6.07, 6.45) is 2.54. The molecule has 0 spiro atoms. The number of nitrogens with one attached hydrogen (secondary N) is 3. The fraction of sp³-hybridized carbons (Fsp3) is 0.385. The SMILES string of the molecule is CCONC(=O)c1cnc(Nc2cc(C)nc(C)n2)cc1Nc1ccc(N2CCOCC2)cc1N(C)S(C)(=O)=O. The van der Waals surface area contributed by atoms with E-state index in [9.17, 15) is 13.2 Å². The maximum atomic E-state index is 12.9. The van der Waals surface area contributed by atoms with Gasteiger partial charge in [-0.2, -0.15) is 0 Å². The molecule has 1 fully saturated rings. The lowest BCUT2D eigenvalue weighted by molar-refractivity contribution is 0.0365. The monoisotopic (exact) mass is 570 g/mol. The van der Waals surface area contributed by atoms with Crippen LogP contribution in [0.25, 0.3) is 0 Å². The van der Waals surface area contributed by atoms with Crippen LogP contribution in [-0.2, 0) is 19.6 Å². The lowest BCUT2D eigenvalue weighted by atomic mass is 10.1. The number of hydrogen-bond acceptors (Lipinski definition) is 11. The molecular formula is C26H34N8O5S. The van der Waals surface area contributed by atoms with Crippen molar-refractivity contribution in [3.63, 3.8) is 0 Å². The third-order valence-electron chi connectivity index (χ3n) is 6.14. The summed E-state index contributed by atoms with van der Waals surface area (Å²) in [5, 5.41) is 6.40. The molecule has 0 radical (unpaired) electrons. The molecule has 1 amide bonds. The molecule has 0 bridgehead atoms. The molecule has 1 aliphatic heterocycles. The molecule has 40 heavy (non-hydrogen) atoms. The van der Waals surface area contributed by atoms with Crippen molar-refractivity contribution in [1.82, 2.24) is 20.4 Å². The van der Waals surface area contributed by atoms with Gasteiger partial charge in [-0.05, 0) is 39.0 Å². The Labute approximate surface area is 233 Å². The minimum atomic E-state index is -3.60. The number of rotatable bonds is 10. The van der Waals surface area contributed by atoms with Gasteiger partial charge in [-0.1, -0.05) is 0 Å². The van der Waals surface area contributed by atoms with Crippen molar-refractivity contribution in [3.8, 4) is 0 Å². The Kier molecular flexibility index (Phi) is 9.02. The highest BCUT2D eigenvalue weighted by molar-refractivity contribution is 7.92. The zero-order valence-corrected chi connectivity index (χ0v) is 24.0. The van der Waals surface area contributed by atoms with Gasteiger partial charge >= 0.3 is 0 Å². The molecule has 4 rings (SSSR count). The summed E-state index contributed by atoms with van der Waals surface area (Å²) in [4.78, 5) is 33.2. The molecule has 0 atom stereocenters. The third-order valence-corrected chi connectivity index (χ3v) is 7.34. The first kappa shape index (κ1) is 29.0. The maximum absolute atomic E-state index is 12.9. The van der Waals surface area contributed by atoms with E-state index in [1.165, 1.54) is 17.5 Å². The smallest absolute Gasteiger partial charge is 0.278 e. The lowest BCUT2D eigenvalue weighted by Crippen LogP contribution is -2.36. The Hall–Kier alpha value is -4.01. The van der Waals surface area contributed by atoms with E-state index in [2.05, 4.69) is 36.0 Å². The number of hydroxylamine groups is 1. The largest absolute Gasteiger partial charge is 0.378 e. The van der Waals surface area contributed by atoms with Gasteiger partial charge in [0.15, 0.2) is 0 Å². The molecule has 13 nitrogen and oxygen atoms in total. The Morgan fingerprint density at radius 3 is 2.50 bits per heavy atom. The van der Waals surface area contributed by atoms with Crippen molar-refractivity contribution < 1.29 is 22.8 Å². The molecule has 14 heteroatoms. The Bertz CT molecular complexity index is 1460. The van der Waals surface area contributed by atoms with Crippen LogP contribution >= 0.6 is 0 Å². The number of amides is 1. The van der Waals surface area contributed by atoms with E-state index in [1.807, 2.05) is 13.0 Å². The summed E-state index contributed by atoms with van der Waals surface area (Å²) in [7, 11) is -2.11. The average molecular weight is 571 g/mol. The fourth-order valence-electron chi connectivity index (χ4n) is 4.14. The van der Waals surface area contributed by atoms with Gasteiger partial charge in [-0.25, -0.2) is 28.8 Å². The minimum absolute atomic E-state index is 0.194. The normalized spacial score (nSPS) is 13.6. The van der Waals surface area contributed by atoms with Gasteiger partial charge in [0, 0.05) is 49.8 Å². The summed E-state index contributed by atoms with van der Waals surface area (Å²) in [5.74, 6) is 1.04. The van der Waals surface area contributed by atoms with Crippen LogP contribution in [-0.4, -0.2) is 75.5 Å². The summed E-state index contributed by atoms with van der Waals surface area (Å²) < 4.78 is 31.8. The number of sulfonamides is 1. The van der Waals surface area contributed by atoms with Gasteiger partial charge in [0.25, 0.3) is 5.91 Å². The zero-order chi connectivity index (χ0) is 28.9. The van der Waals surface area contributed by atoms with Crippen LogP contribution in [0.3, 0.4) is 0 Å². The second-order valence-corrected chi connectivity index (χ2v) is 11.2. The molecule has 1 aliphatic rings. The van der Waals surface area contributed by atoms with Gasteiger partial charge in [-0.3, -0.25) is 13.9 Å². The van der Waals surface area contributed by atoms with Gasteiger partial charge in [0.05, 0.1) is 48.7 Å². The van der Waals surface area contributed by atoms with Crippen LogP contribution < -0.4 is 25.3 Å². The molecule has 2 aromatic heterocycles. The molecule has 0 saturated carbocycles. The van der Waals surface area contributed by atoms with E-state index < -0.39 is 15.9 Å². The third kappa shape index (κ3) is 7.14. The first-order chi connectivity index (χ1) is 19.0. The van der Waals surface area contributed by atoms with Crippen LogP contribution in [0.5, 0.6) is 0 Å². The Balaban J connectivity index is 1.75. The number of aryl methyl sites for hydroxylation is 2. The van der Waals surface area contributed by atoms with Crippen molar-refractivity contribution in [2.24, 2.45) is 0 Å². The molecule has 1 saturated heterocycles. The lowest BCUT2D eigenvalue weighted by Gasteiger charge is -2.30. The predicted molar refractivity (Wildman–Crippen MR) is 154 cm³/mol. The molecule has 0 aliphatic carbocycles. The molecule has 214 valence electrons. The summed E-state index contributed by atoms with van der Waals surface area (Å²) >= 11 is 0. The van der Waals surface area contributed by atoms with Crippen molar-refractivity contribution in [3.05, 3.63) is 53.6 Å². The van der Waals surface area contributed by atoms with Gasteiger partial charge in [-0.15, -0.1) is 0 Å². The number of carbonyl (C=O) groups excluding carboxylic acids is 1. The minimum Gasteiger partial charge on any atom is -0.378 e. The molecule has 3 N–H and O–H groups in total. The van der Waals surface area contributed by atoms with Crippen molar-refractivity contribution in [1.29, 1.82) is 0 Å². The molecular weight excluding hydrogens is 536 g/mol. The highest BCUT2D eigenvalue weighted by Gasteiger charge is 2.22. The number of pyridine rings is 1. The van der Waals surface area contributed by atoms with Crippen molar-refractivity contribution in [2.75, 3.05) is 66.1 Å². The summed E-state index contributed by atoms with van der Waals surface area (Å²) in [6.45, 7) is 8.25. The number of anilines is 6. The number of aromatic nitrogens is 3. The van der Waals surface area contributed by atoms with E-state index in [-0.39, 0.29) is 12.2 Å². The number of carbonyl (C=O) groups is 1. The highest BCUT2D eigenvalue weighted by atomic mass is 32.2. The van der Waals surface area contributed by atoms with Crippen LogP contribution in [0.2, 0.25) is 0 Å². The van der Waals surface area contributed by atoms with E-state index in [1.54, 1.807) is 38.1 Å². The molecule has 1 aromatic carbocycles. The number of ether oxygens (including phenoxy) is 1. The summed E-state index contributed by atoms with van der Waals surface area (Å²) in [5.41, 5.74) is 5.49. The first-order valence-corrected chi connectivity index (χ1v) is 14.6. The molecule has 0 unspecified atom stereocenters. The Morgan fingerprint density at radius 2 is 1.82 bits per heavy atom. The first-order valence-electron chi connectivity index (χ1n) is 12.7. The van der Waals surface area contributed by atoms with Crippen LogP contribution in [0.1, 0.15) is 28.8 Å². The maximum Gasteiger partial charge on any atom is 0.278 e. The number of nitrogens with zero attached hydrogens (tertiary/aromatic N) is 5. The average Bonchev–Trinajstić information content (AvgIpc) is 2.91. The number of morpholine rings is 1. The van der Waals surface area contributed by atoms with E-state index in [0.717, 1.165) is 17.6 Å². The Morgan fingerprint density at radius 1 is 1.07 bits per heavy atom. The van der Waals surface area contributed by atoms with Crippen molar-refractivity contribution >= 4 is 50.3 Å². The van der Waals surface area contributed by atoms with Crippen LogP contribution in [0.4, 0.5) is 34.4 Å². The van der Waals surface area contributed by atoms with Gasteiger partial charge in [0.2, 0.25) is 10.0 Å². The topological polar surface area (TPSA) is 151 Å². The zero-order valence-electron chi connectivity index (χ0n) is 23.2. The second-order valence-electron chi connectivity index (χ2n) is 9.20. The van der Waals surface area contributed by atoms with Gasteiger partial charge in [0.1, 0.15) is 17.5 Å².